The molecule has 0 radical (unpaired) electrons. The molecule has 0 aromatic carbocycles. The van der Waals surface area contributed by atoms with E-state index in [1.54, 1.807) is 11.3 Å². The van der Waals surface area contributed by atoms with Gasteiger partial charge in [-0.2, -0.15) is 0 Å². The van der Waals surface area contributed by atoms with Crippen molar-refractivity contribution in [1.29, 1.82) is 0 Å². The van der Waals surface area contributed by atoms with E-state index in [9.17, 15) is 4.79 Å². The van der Waals surface area contributed by atoms with Gasteiger partial charge in [0.05, 0.1) is 5.56 Å². The van der Waals surface area contributed by atoms with Crippen molar-refractivity contribution < 1.29 is 4.79 Å². The zero-order valence-electron chi connectivity index (χ0n) is 15.9. The van der Waals surface area contributed by atoms with E-state index in [-0.39, 0.29) is 5.91 Å². The smallest absolute Gasteiger partial charge is 0.252 e. The predicted molar refractivity (Wildman–Crippen MR) is 104 cm³/mol. The molecule has 0 aliphatic heterocycles. The van der Waals surface area contributed by atoms with Crippen LogP contribution in [0.3, 0.4) is 0 Å². The number of rotatable bonds is 9. The summed E-state index contributed by atoms with van der Waals surface area (Å²) in [4.78, 5) is 16.4. The van der Waals surface area contributed by atoms with E-state index in [1.165, 1.54) is 23.3 Å². The number of nitrogens with zero attached hydrogens (tertiary/aromatic N) is 1. The van der Waals surface area contributed by atoms with Gasteiger partial charge in [-0.3, -0.25) is 4.79 Å². The molecule has 24 heavy (non-hydrogen) atoms. The molecule has 2 rings (SSSR count). The molecule has 1 amide bonds. The Hall–Kier alpha value is -0.870. The molecule has 1 N–H and O–H groups in total. The van der Waals surface area contributed by atoms with Crippen LogP contribution in [0.5, 0.6) is 0 Å². The fourth-order valence-electron chi connectivity index (χ4n) is 3.57. The molecule has 1 aromatic heterocycles. The number of thiophene rings is 1. The van der Waals surface area contributed by atoms with Crippen LogP contribution in [-0.4, -0.2) is 37.0 Å². The highest BCUT2D eigenvalue weighted by Crippen LogP contribution is 2.30. The monoisotopic (exact) mass is 350 g/mol. The minimum atomic E-state index is 0.133. The molecule has 0 fully saturated rings. The average molecular weight is 351 g/mol. The average Bonchev–Trinajstić information content (AvgIpc) is 2.94. The van der Waals surface area contributed by atoms with Crippen molar-refractivity contribution in [3.05, 3.63) is 21.4 Å². The van der Waals surface area contributed by atoms with Crippen LogP contribution in [0.4, 0.5) is 0 Å². The highest BCUT2D eigenvalue weighted by atomic mass is 32.1. The van der Waals surface area contributed by atoms with E-state index in [2.05, 4.69) is 43.3 Å². The number of carbonyl (C=O) groups excluding carboxylic acids is 1. The highest BCUT2D eigenvalue weighted by molar-refractivity contribution is 7.10. The number of hydrogen-bond acceptors (Lipinski definition) is 3. The second kappa shape index (κ2) is 9.57. The first-order valence-electron chi connectivity index (χ1n) is 9.57. The molecule has 0 saturated heterocycles. The van der Waals surface area contributed by atoms with Crippen molar-refractivity contribution in [3.8, 4) is 0 Å². The lowest BCUT2D eigenvalue weighted by Crippen LogP contribution is -2.34. The van der Waals surface area contributed by atoms with Crippen LogP contribution in [-0.2, 0) is 12.8 Å². The zero-order chi connectivity index (χ0) is 17.5. The Kier molecular flexibility index (Phi) is 7.76. The lowest BCUT2D eigenvalue weighted by molar-refractivity contribution is 0.0950. The number of carbonyl (C=O) groups is 1. The van der Waals surface area contributed by atoms with Crippen LogP contribution in [0.25, 0.3) is 0 Å². The third kappa shape index (κ3) is 5.89. The van der Waals surface area contributed by atoms with Crippen LogP contribution in [0, 0.1) is 11.8 Å². The van der Waals surface area contributed by atoms with Crippen LogP contribution < -0.4 is 5.32 Å². The van der Waals surface area contributed by atoms with Gasteiger partial charge in [0.25, 0.3) is 5.91 Å². The fraction of sp³-hybridized carbons (Fsp3) is 0.750. The summed E-state index contributed by atoms with van der Waals surface area (Å²) in [5.74, 6) is 1.51. The quantitative estimate of drug-likeness (QED) is 0.671. The van der Waals surface area contributed by atoms with Crippen molar-refractivity contribution in [2.24, 2.45) is 11.8 Å². The largest absolute Gasteiger partial charge is 0.352 e. The molecular formula is C20H34N2OS. The van der Waals surface area contributed by atoms with Crippen LogP contribution in [0.1, 0.15) is 67.8 Å². The second-order valence-electron chi connectivity index (χ2n) is 7.91. The molecule has 0 saturated carbocycles. The number of nitrogens with one attached hydrogen (secondary N) is 1. The number of fused-ring (bicyclic) bond motifs is 1. The maximum Gasteiger partial charge on any atom is 0.252 e. The Morgan fingerprint density at radius 2 is 1.83 bits per heavy atom. The van der Waals surface area contributed by atoms with Crippen LogP contribution in [0.15, 0.2) is 5.38 Å². The standard InChI is InChI=1S/C20H34N2OS/c1-15(2)12-22(13-16(3)4)11-7-10-21-20(23)18-14-24-19-9-6-5-8-17(18)19/h14-16H,5-13H2,1-4H3,(H,21,23). The van der Waals surface area contributed by atoms with Crippen LogP contribution in [0.2, 0.25) is 0 Å². The van der Waals surface area contributed by atoms with Gasteiger partial charge in [-0.15, -0.1) is 11.3 Å². The van der Waals surface area contributed by atoms with Gasteiger partial charge in [0.1, 0.15) is 0 Å². The molecule has 0 spiro atoms. The minimum absolute atomic E-state index is 0.133. The Labute approximate surface area is 151 Å². The van der Waals surface area contributed by atoms with Crippen LogP contribution >= 0.6 is 11.3 Å². The van der Waals surface area contributed by atoms with Crippen molar-refractivity contribution in [1.82, 2.24) is 10.2 Å². The molecule has 1 aliphatic carbocycles. The SMILES string of the molecule is CC(C)CN(CCCNC(=O)c1csc2c1CCCC2)CC(C)C. The third-order valence-electron chi connectivity index (χ3n) is 4.49. The van der Waals surface area contributed by atoms with Gasteiger partial charge < -0.3 is 10.2 Å². The molecule has 1 aliphatic rings. The topological polar surface area (TPSA) is 32.3 Å². The van der Waals surface area contributed by atoms with E-state index >= 15 is 0 Å². The molecule has 1 aromatic rings. The molecule has 4 heteroatoms. The van der Waals surface area contributed by atoms with E-state index in [1.807, 2.05) is 0 Å². The van der Waals surface area contributed by atoms with E-state index in [4.69, 9.17) is 0 Å². The normalized spacial score (nSPS) is 14.5. The first-order valence-corrected chi connectivity index (χ1v) is 10.4. The van der Waals surface area contributed by atoms with Crippen molar-refractivity contribution in [2.75, 3.05) is 26.2 Å². The summed E-state index contributed by atoms with van der Waals surface area (Å²) in [6.45, 7) is 13.2. The first-order chi connectivity index (χ1) is 11.5. The lowest BCUT2D eigenvalue weighted by atomic mass is 9.95. The summed E-state index contributed by atoms with van der Waals surface area (Å²) in [7, 11) is 0. The third-order valence-corrected chi connectivity index (χ3v) is 5.58. The van der Waals surface area contributed by atoms with Crippen molar-refractivity contribution in [3.63, 3.8) is 0 Å². The van der Waals surface area contributed by atoms with E-state index in [0.717, 1.165) is 51.0 Å². The zero-order valence-corrected chi connectivity index (χ0v) is 16.7. The summed E-state index contributed by atoms with van der Waals surface area (Å²) in [5, 5.41) is 5.20. The Bertz CT molecular complexity index is 512. The Morgan fingerprint density at radius 3 is 2.50 bits per heavy atom. The summed E-state index contributed by atoms with van der Waals surface area (Å²) in [5.41, 5.74) is 2.26. The molecule has 3 nitrogen and oxygen atoms in total. The maximum atomic E-state index is 12.5. The van der Waals surface area contributed by atoms with Gasteiger partial charge in [-0.1, -0.05) is 27.7 Å². The van der Waals surface area contributed by atoms with Gasteiger partial charge >= 0.3 is 0 Å². The van der Waals surface area contributed by atoms with E-state index < -0.39 is 0 Å². The van der Waals surface area contributed by atoms with Crippen molar-refractivity contribution >= 4 is 17.2 Å². The molecule has 0 atom stereocenters. The summed E-state index contributed by atoms with van der Waals surface area (Å²) >= 11 is 1.77. The van der Waals surface area contributed by atoms with E-state index in [0.29, 0.717) is 11.8 Å². The summed E-state index contributed by atoms with van der Waals surface area (Å²) in [6, 6.07) is 0. The molecule has 0 unspecified atom stereocenters. The number of aryl methyl sites for hydroxylation is 1. The summed E-state index contributed by atoms with van der Waals surface area (Å²) < 4.78 is 0. The van der Waals surface area contributed by atoms with Gasteiger partial charge in [0, 0.05) is 29.9 Å². The van der Waals surface area contributed by atoms with Gasteiger partial charge in [0.15, 0.2) is 0 Å². The molecular weight excluding hydrogens is 316 g/mol. The maximum absolute atomic E-state index is 12.5. The fourth-order valence-corrected chi connectivity index (χ4v) is 4.70. The van der Waals surface area contributed by atoms with Gasteiger partial charge in [0.2, 0.25) is 0 Å². The molecule has 1 heterocycles. The lowest BCUT2D eigenvalue weighted by Gasteiger charge is -2.26. The minimum Gasteiger partial charge on any atom is -0.352 e. The van der Waals surface area contributed by atoms with Gasteiger partial charge in [-0.05, 0) is 56.0 Å². The predicted octanol–water partition coefficient (Wildman–Crippen LogP) is 4.36. The number of hydrogen-bond donors (Lipinski definition) is 1. The second-order valence-corrected chi connectivity index (χ2v) is 8.88. The first kappa shape index (κ1) is 19.5. The molecule has 0 bridgehead atoms. The van der Waals surface area contributed by atoms with Gasteiger partial charge in [-0.25, -0.2) is 0 Å². The Morgan fingerprint density at radius 1 is 1.17 bits per heavy atom. The van der Waals surface area contributed by atoms with Crippen molar-refractivity contribution in [2.45, 2.75) is 59.8 Å². The molecule has 136 valence electrons. The number of amides is 1. The Balaban J connectivity index is 1.76. The highest BCUT2D eigenvalue weighted by Gasteiger charge is 2.19. The summed E-state index contributed by atoms with van der Waals surface area (Å²) in [6.07, 6.45) is 5.77.